The average Bonchev–Trinajstić information content (AvgIpc) is 3.09. The topological polar surface area (TPSA) is 63.3 Å². The summed E-state index contributed by atoms with van der Waals surface area (Å²) in [6, 6.07) is 22.2. The molecule has 1 aliphatic rings. The molecule has 0 saturated heterocycles. The predicted molar refractivity (Wildman–Crippen MR) is 110 cm³/mol. The highest BCUT2D eigenvalue weighted by Crippen LogP contribution is 2.35. The molecule has 3 aromatic carbocycles. The fraction of sp³-hybridized carbons (Fsp3) is 0. The third-order valence-electron chi connectivity index (χ3n) is 4.63. The number of para-hydroxylation sites is 1. The molecule has 1 heterocycles. The number of hydrogen-bond donors (Lipinski definition) is 2. The molecule has 0 unspecified atom stereocenters. The maximum atomic E-state index is 6.15. The number of nitrogens with two attached hydrogens (primary N) is 1. The summed E-state index contributed by atoms with van der Waals surface area (Å²) in [5.41, 5.74) is 10.4. The molecule has 0 radical (unpaired) electrons. The Labute approximate surface area is 150 Å². The van der Waals surface area contributed by atoms with Crippen molar-refractivity contribution in [2.24, 2.45) is 10.7 Å². The van der Waals surface area contributed by atoms with Gasteiger partial charge in [-0.2, -0.15) is 4.99 Å². The van der Waals surface area contributed by atoms with Crippen LogP contribution in [0.3, 0.4) is 0 Å². The number of nitrogens with one attached hydrogen (secondary N) is 1. The van der Waals surface area contributed by atoms with E-state index in [4.69, 9.17) is 5.73 Å². The third kappa shape index (κ3) is 2.40. The van der Waals surface area contributed by atoms with Crippen molar-refractivity contribution in [1.82, 2.24) is 4.98 Å². The van der Waals surface area contributed by atoms with Crippen molar-refractivity contribution in [3.8, 4) is 0 Å². The largest absolute Gasteiger partial charge is 0.369 e. The van der Waals surface area contributed by atoms with Crippen LogP contribution in [0.1, 0.15) is 11.1 Å². The van der Waals surface area contributed by atoms with E-state index in [9.17, 15) is 0 Å². The molecule has 26 heavy (non-hydrogen) atoms. The van der Waals surface area contributed by atoms with Gasteiger partial charge in [0.15, 0.2) is 11.8 Å². The number of benzene rings is 3. The van der Waals surface area contributed by atoms with Crippen LogP contribution in [-0.2, 0) is 0 Å². The van der Waals surface area contributed by atoms with Gasteiger partial charge in [-0.25, -0.2) is 4.98 Å². The Morgan fingerprint density at radius 1 is 0.846 bits per heavy atom. The quantitative estimate of drug-likeness (QED) is 0.355. The molecule has 0 bridgehead atoms. The molecular weight excluding hydrogens is 320 g/mol. The Hall–Kier alpha value is -3.66. The summed E-state index contributed by atoms with van der Waals surface area (Å²) in [4.78, 5) is 8.97. The molecule has 5 rings (SSSR count). The minimum atomic E-state index is 0.319. The SMILES string of the molecule is NC(=Nc1ccc2ccccc2n1)Nc1ccc2c3c(cccc13)C=C2. The molecule has 1 aliphatic carbocycles. The number of nitrogens with zero attached hydrogens (tertiary/aromatic N) is 2. The number of rotatable bonds is 2. The molecule has 1 aromatic heterocycles. The highest BCUT2D eigenvalue weighted by Gasteiger charge is 2.12. The minimum absolute atomic E-state index is 0.319. The highest BCUT2D eigenvalue weighted by molar-refractivity contribution is 6.12. The zero-order valence-corrected chi connectivity index (χ0v) is 14.0. The summed E-state index contributed by atoms with van der Waals surface area (Å²) in [6.45, 7) is 0. The van der Waals surface area contributed by atoms with Crippen LogP contribution in [-0.4, -0.2) is 10.9 Å². The second kappa shape index (κ2) is 5.70. The predicted octanol–water partition coefficient (Wildman–Crippen LogP) is 4.93. The summed E-state index contributed by atoms with van der Waals surface area (Å²) in [5.74, 6) is 0.903. The lowest BCUT2D eigenvalue weighted by molar-refractivity contribution is 1.31. The van der Waals surface area contributed by atoms with E-state index >= 15 is 0 Å². The number of anilines is 1. The summed E-state index contributed by atoms with van der Waals surface area (Å²) in [5, 5.41) is 6.68. The van der Waals surface area contributed by atoms with Crippen molar-refractivity contribution in [1.29, 1.82) is 0 Å². The zero-order valence-electron chi connectivity index (χ0n) is 14.0. The lowest BCUT2D eigenvalue weighted by Crippen LogP contribution is -2.22. The van der Waals surface area contributed by atoms with Gasteiger partial charge in [0.05, 0.1) is 5.52 Å². The van der Waals surface area contributed by atoms with Gasteiger partial charge in [-0.05, 0) is 40.8 Å². The minimum Gasteiger partial charge on any atom is -0.369 e. The molecule has 0 saturated carbocycles. The van der Waals surface area contributed by atoms with E-state index in [2.05, 4.69) is 51.7 Å². The van der Waals surface area contributed by atoms with Gasteiger partial charge in [0.25, 0.3) is 0 Å². The van der Waals surface area contributed by atoms with Crippen molar-refractivity contribution in [2.45, 2.75) is 0 Å². The van der Waals surface area contributed by atoms with Crippen molar-refractivity contribution >= 4 is 51.3 Å². The smallest absolute Gasteiger partial charge is 0.199 e. The second-order valence-corrected chi connectivity index (χ2v) is 6.29. The third-order valence-corrected chi connectivity index (χ3v) is 4.63. The lowest BCUT2D eigenvalue weighted by Gasteiger charge is -2.11. The maximum Gasteiger partial charge on any atom is 0.199 e. The Kier molecular flexibility index (Phi) is 3.22. The number of pyridine rings is 1. The van der Waals surface area contributed by atoms with Crippen LogP contribution < -0.4 is 11.1 Å². The second-order valence-electron chi connectivity index (χ2n) is 6.29. The first-order valence-electron chi connectivity index (χ1n) is 8.49. The van der Waals surface area contributed by atoms with Gasteiger partial charge in [0, 0.05) is 16.5 Å². The van der Waals surface area contributed by atoms with Crippen molar-refractivity contribution in [3.63, 3.8) is 0 Å². The van der Waals surface area contributed by atoms with E-state index in [1.165, 1.54) is 16.5 Å². The first-order valence-corrected chi connectivity index (χ1v) is 8.49. The average molecular weight is 336 g/mol. The molecular formula is C22H16N4. The maximum absolute atomic E-state index is 6.15. The van der Waals surface area contributed by atoms with Gasteiger partial charge >= 0.3 is 0 Å². The van der Waals surface area contributed by atoms with E-state index in [1.807, 2.05) is 42.5 Å². The first kappa shape index (κ1) is 14.7. The Morgan fingerprint density at radius 2 is 1.69 bits per heavy atom. The van der Waals surface area contributed by atoms with Crippen LogP contribution in [0.15, 0.2) is 71.7 Å². The van der Waals surface area contributed by atoms with Gasteiger partial charge in [0.1, 0.15) is 0 Å². The molecule has 124 valence electrons. The number of hydrogen-bond acceptors (Lipinski definition) is 2. The van der Waals surface area contributed by atoms with Crippen LogP contribution in [0.25, 0.3) is 33.8 Å². The van der Waals surface area contributed by atoms with E-state index in [1.54, 1.807) is 0 Å². The van der Waals surface area contributed by atoms with Crippen LogP contribution >= 0.6 is 0 Å². The van der Waals surface area contributed by atoms with Crippen molar-refractivity contribution in [2.75, 3.05) is 5.32 Å². The summed E-state index contributed by atoms with van der Waals surface area (Å²) < 4.78 is 0. The Morgan fingerprint density at radius 3 is 2.62 bits per heavy atom. The van der Waals surface area contributed by atoms with E-state index in [0.29, 0.717) is 11.8 Å². The van der Waals surface area contributed by atoms with Crippen molar-refractivity contribution < 1.29 is 0 Å². The number of aromatic nitrogens is 1. The van der Waals surface area contributed by atoms with Gasteiger partial charge in [-0.1, -0.05) is 54.6 Å². The Bertz CT molecular complexity index is 1210. The molecule has 4 aromatic rings. The van der Waals surface area contributed by atoms with Gasteiger partial charge in [-0.15, -0.1) is 0 Å². The van der Waals surface area contributed by atoms with Crippen molar-refractivity contribution in [3.05, 3.63) is 77.9 Å². The highest BCUT2D eigenvalue weighted by atomic mass is 15.1. The zero-order chi connectivity index (χ0) is 17.5. The fourth-order valence-electron chi connectivity index (χ4n) is 3.44. The molecule has 4 heteroatoms. The molecule has 3 N–H and O–H groups in total. The first-order chi connectivity index (χ1) is 12.8. The summed E-state index contributed by atoms with van der Waals surface area (Å²) >= 11 is 0. The number of fused-ring (bicyclic) bond motifs is 1. The molecule has 0 aliphatic heterocycles. The van der Waals surface area contributed by atoms with E-state index in [0.717, 1.165) is 22.0 Å². The van der Waals surface area contributed by atoms with Crippen LogP contribution in [0.2, 0.25) is 0 Å². The van der Waals surface area contributed by atoms with E-state index in [-0.39, 0.29) is 0 Å². The van der Waals surface area contributed by atoms with Gasteiger partial charge in [0.2, 0.25) is 0 Å². The number of aliphatic imine (C=N–C) groups is 1. The standard InChI is InChI=1S/C22H16N4/c23-22(26-20-13-11-14-4-1-2-7-18(14)24-20)25-19-12-10-16-9-8-15-5-3-6-17(19)21(15)16/h1-13H,(H3,23,24,25,26). The molecule has 0 spiro atoms. The summed E-state index contributed by atoms with van der Waals surface area (Å²) in [6.07, 6.45) is 4.27. The molecule has 0 amide bonds. The monoisotopic (exact) mass is 336 g/mol. The van der Waals surface area contributed by atoms with E-state index < -0.39 is 0 Å². The van der Waals surface area contributed by atoms with Crippen LogP contribution in [0.5, 0.6) is 0 Å². The Balaban J connectivity index is 1.51. The molecule has 0 atom stereocenters. The van der Waals surface area contributed by atoms with Gasteiger partial charge in [-0.3, -0.25) is 0 Å². The normalized spacial score (nSPS) is 12.8. The molecule has 0 fully saturated rings. The summed E-state index contributed by atoms with van der Waals surface area (Å²) in [7, 11) is 0. The van der Waals surface area contributed by atoms with Gasteiger partial charge < -0.3 is 11.1 Å². The number of guanidine groups is 1. The van der Waals surface area contributed by atoms with Crippen LogP contribution in [0, 0.1) is 0 Å². The molecule has 4 nitrogen and oxygen atoms in total. The fourth-order valence-corrected chi connectivity index (χ4v) is 3.44. The van der Waals surface area contributed by atoms with Crippen LogP contribution in [0.4, 0.5) is 11.5 Å². The lowest BCUT2D eigenvalue weighted by atomic mass is 10.0.